The Labute approximate surface area is 102 Å². The lowest BCUT2D eigenvalue weighted by molar-refractivity contribution is -0.145. The molecule has 1 atom stereocenters. The van der Waals surface area contributed by atoms with Gasteiger partial charge in [-0.1, -0.05) is 30.3 Å². The van der Waals surface area contributed by atoms with Gasteiger partial charge in [-0.25, -0.2) is 0 Å². The van der Waals surface area contributed by atoms with Crippen LogP contribution in [-0.2, 0) is 16.0 Å². The average Bonchev–Trinajstić information content (AvgIpc) is 2.89. The summed E-state index contributed by atoms with van der Waals surface area (Å²) >= 11 is 0. The Kier molecular flexibility index (Phi) is 4.56. The van der Waals surface area contributed by atoms with Crippen molar-refractivity contribution in [1.29, 1.82) is 0 Å². The molecule has 3 nitrogen and oxygen atoms in total. The van der Waals surface area contributed by atoms with Gasteiger partial charge in [0.2, 0.25) is 0 Å². The van der Waals surface area contributed by atoms with Crippen LogP contribution in [0, 0.1) is 0 Å². The van der Waals surface area contributed by atoms with Crippen LogP contribution >= 0.6 is 0 Å². The van der Waals surface area contributed by atoms with Gasteiger partial charge in [0.1, 0.15) is 6.04 Å². The van der Waals surface area contributed by atoms with E-state index < -0.39 is 0 Å². The molecule has 1 aromatic carbocycles. The predicted octanol–water partition coefficient (Wildman–Crippen LogP) is 1.91. The van der Waals surface area contributed by atoms with Gasteiger partial charge in [0.25, 0.3) is 0 Å². The zero-order valence-electron chi connectivity index (χ0n) is 10.0. The molecule has 1 N–H and O–H groups in total. The van der Waals surface area contributed by atoms with Crippen molar-refractivity contribution in [2.75, 3.05) is 13.2 Å². The molecular formula is C14H19NO2. The lowest BCUT2D eigenvalue weighted by atomic mass is 10.1. The lowest BCUT2D eigenvalue weighted by Crippen LogP contribution is -2.32. The highest BCUT2D eigenvalue weighted by atomic mass is 16.5. The summed E-state index contributed by atoms with van der Waals surface area (Å²) in [5.74, 6) is -0.0874. The highest BCUT2D eigenvalue weighted by molar-refractivity contribution is 5.76. The molecule has 0 aliphatic carbocycles. The van der Waals surface area contributed by atoms with Crippen LogP contribution < -0.4 is 5.32 Å². The fraction of sp³-hybridized carbons (Fsp3) is 0.500. The van der Waals surface area contributed by atoms with Crippen molar-refractivity contribution < 1.29 is 9.53 Å². The number of carbonyl (C=O) groups is 1. The molecule has 0 bridgehead atoms. The van der Waals surface area contributed by atoms with Gasteiger partial charge in [-0.2, -0.15) is 0 Å². The molecule has 1 aliphatic rings. The number of benzene rings is 1. The Bertz CT molecular complexity index is 344. The molecule has 0 amide bonds. The van der Waals surface area contributed by atoms with Crippen molar-refractivity contribution in [2.24, 2.45) is 0 Å². The highest BCUT2D eigenvalue weighted by Crippen LogP contribution is 2.07. The first-order chi connectivity index (χ1) is 8.36. The molecular weight excluding hydrogens is 214 g/mol. The smallest absolute Gasteiger partial charge is 0.323 e. The first kappa shape index (κ1) is 12.1. The standard InChI is InChI=1S/C14H19NO2/c16-14(13-9-4-10-15-13)17-11-5-8-12-6-2-1-3-7-12/h1-3,6-7,13,15H,4-5,8-11H2/t13-/m1/s1. The van der Waals surface area contributed by atoms with E-state index in [1.165, 1.54) is 5.56 Å². The number of nitrogens with one attached hydrogen (secondary N) is 1. The topological polar surface area (TPSA) is 38.3 Å². The molecule has 0 saturated carbocycles. The maximum Gasteiger partial charge on any atom is 0.323 e. The first-order valence-electron chi connectivity index (χ1n) is 6.30. The number of aryl methyl sites for hydroxylation is 1. The molecule has 1 saturated heterocycles. The van der Waals surface area contributed by atoms with Gasteiger partial charge in [-0.05, 0) is 37.8 Å². The normalized spacial score (nSPS) is 19.2. The van der Waals surface area contributed by atoms with Crippen LogP contribution in [0.5, 0.6) is 0 Å². The van der Waals surface area contributed by atoms with Crippen LogP contribution in [0.25, 0.3) is 0 Å². The summed E-state index contributed by atoms with van der Waals surface area (Å²) in [7, 11) is 0. The van der Waals surface area contributed by atoms with E-state index in [0.29, 0.717) is 6.61 Å². The van der Waals surface area contributed by atoms with E-state index in [0.717, 1.165) is 32.2 Å². The molecule has 17 heavy (non-hydrogen) atoms. The largest absolute Gasteiger partial charge is 0.465 e. The number of hydrogen-bond donors (Lipinski definition) is 1. The molecule has 1 aliphatic heterocycles. The minimum absolute atomic E-state index is 0.0632. The van der Waals surface area contributed by atoms with Gasteiger partial charge in [0.05, 0.1) is 6.61 Å². The van der Waals surface area contributed by atoms with Crippen molar-refractivity contribution in [2.45, 2.75) is 31.7 Å². The Morgan fingerprint density at radius 3 is 2.88 bits per heavy atom. The second kappa shape index (κ2) is 6.40. The molecule has 3 heteroatoms. The van der Waals surface area contributed by atoms with Gasteiger partial charge < -0.3 is 10.1 Å². The van der Waals surface area contributed by atoms with Gasteiger partial charge >= 0.3 is 5.97 Å². The van der Waals surface area contributed by atoms with E-state index in [-0.39, 0.29) is 12.0 Å². The zero-order valence-corrected chi connectivity index (χ0v) is 10.0. The quantitative estimate of drug-likeness (QED) is 0.623. The van der Waals surface area contributed by atoms with E-state index in [9.17, 15) is 4.79 Å². The lowest BCUT2D eigenvalue weighted by Gasteiger charge is -2.10. The number of rotatable bonds is 5. The third-order valence-electron chi connectivity index (χ3n) is 3.04. The van der Waals surface area contributed by atoms with Crippen LogP contribution in [-0.4, -0.2) is 25.2 Å². The van der Waals surface area contributed by atoms with Crippen molar-refractivity contribution in [1.82, 2.24) is 5.32 Å². The number of carbonyl (C=O) groups excluding carboxylic acids is 1. The summed E-state index contributed by atoms with van der Waals surface area (Å²) in [6.45, 7) is 1.45. The summed E-state index contributed by atoms with van der Waals surface area (Å²) in [6, 6.07) is 10.2. The molecule has 1 aromatic rings. The molecule has 2 rings (SSSR count). The van der Waals surface area contributed by atoms with Crippen molar-refractivity contribution in [3.05, 3.63) is 35.9 Å². The summed E-state index contributed by atoms with van der Waals surface area (Å²) < 4.78 is 5.25. The maximum atomic E-state index is 11.6. The third-order valence-corrected chi connectivity index (χ3v) is 3.04. The molecule has 92 valence electrons. The monoisotopic (exact) mass is 233 g/mol. The molecule has 1 heterocycles. The fourth-order valence-corrected chi connectivity index (χ4v) is 2.08. The van der Waals surface area contributed by atoms with Crippen molar-refractivity contribution >= 4 is 5.97 Å². The van der Waals surface area contributed by atoms with E-state index in [2.05, 4.69) is 17.4 Å². The number of hydrogen-bond acceptors (Lipinski definition) is 3. The van der Waals surface area contributed by atoms with E-state index in [4.69, 9.17) is 4.74 Å². The maximum absolute atomic E-state index is 11.6. The Morgan fingerprint density at radius 2 is 2.18 bits per heavy atom. The van der Waals surface area contributed by atoms with Gasteiger partial charge in [-0.15, -0.1) is 0 Å². The van der Waals surface area contributed by atoms with E-state index >= 15 is 0 Å². The van der Waals surface area contributed by atoms with Crippen molar-refractivity contribution in [3.63, 3.8) is 0 Å². The predicted molar refractivity (Wildman–Crippen MR) is 66.7 cm³/mol. The van der Waals surface area contributed by atoms with Crippen LogP contribution in [0.2, 0.25) is 0 Å². The van der Waals surface area contributed by atoms with E-state index in [1.807, 2.05) is 18.2 Å². The van der Waals surface area contributed by atoms with Gasteiger partial charge in [-0.3, -0.25) is 4.79 Å². The third kappa shape index (κ3) is 3.86. The summed E-state index contributed by atoms with van der Waals surface area (Å²) in [5.41, 5.74) is 1.29. The molecule has 0 radical (unpaired) electrons. The average molecular weight is 233 g/mol. The highest BCUT2D eigenvalue weighted by Gasteiger charge is 2.22. The molecule has 0 spiro atoms. The van der Waals surface area contributed by atoms with Gasteiger partial charge in [0.15, 0.2) is 0 Å². The second-order valence-electron chi connectivity index (χ2n) is 4.41. The van der Waals surface area contributed by atoms with Crippen LogP contribution in [0.15, 0.2) is 30.3 Å². The second-order valence-corrected chi connectivity index (χ2v) is 4.41. The minimum Gasteiger partial charge on any atom is -0.465 e. The molecule has 0 aromatic heterocycles. The molecule has 1 fully saturated rings. The minimum atomic E-state index is -0.0874. The first-order valence-corrected chi connectivity index (χ1v) is 6.30. The Morgan fingerprint density at radius 1 is 1.35 bits per heavy atom. The summed E-state index contributed by atoms with van der Waals surface area (Å²) in [5, 5.41) is 3.14. The van der Waals surface area contributed by atoms with Crippen molar-refractivity contribution in [3.8, 4) is 0 Å². The van der Waals surface area contributed by atoms with Crippen LogP contribution in [0.3, 0.4) is 0 Å². The zero-order chi connectivity index (χ0) is 11.9. The van der Waals surface area contributed by atoms with Crippen LogP contribution in [0.4, 0.5) is 0 Å². The van der Waals surface area contributed by atoms with E-state index in [1.54, 1.807) is 0 Å². The fourth-order valence-electron chi connectivity index (χ4n) is 2.08. The van der Waals surface area contributed by atoms with Crippen LogP contribution in [0.1, 0.15) is 24.8 Å². The Balaban J connectivity index is 1.61. The SMILES string of the molecule is O=C(OCCCc1ccccc1)[C@H]1CCCN1. The summed E-state index contributed by atoms with van der Waals surface area (Å²) in [4.78, 5) is 11.6. The Hall–Kier alpha value is -1.35. The number of ether oxygens (including phenoxy) is 1. The molecule has 0 unspecified atom stereocenters. The summed E-state index contributed by atoms with van der Waals surface area (Å²) in [6.07, 6.45) is 3.84. The number of esters is 1. The van der Waals surface area contributed by atoms with Gasteiger partial charge in [0, 0.05) is 0 Å².